The Hall–Kier alpha value is -2.66. The Kier molecular flexibility index (Phi) is 5.72. The van der Waals surface area contributed by atoms with Crippen LogP contribution in [0.15, 0.2) is 61.2 Å². The first-order chi connectivity index (χ1) is 13.7. The van der Waals surface area contributed by atoms with Crippen LogP contribution >= 0.6 is 11.6 Å². The van der Waals surface area contributed by atoms with Crippen LogP contribution in [0.4, 0.5) is 0 Å². The van der Waals surface area contributed by atoms with Crippen LogP contribution in [0.25, 0.3) is 0 Å². The monoisotopic (exact) mass is 394 g/mol. The van der Waals surface area contributed by atoms with Crippen LogP contribution in [0.5, 0.6) is 0 Å². The lowest BCUT2D eigenvalue weighted by Crippen LogP contribution is -2.42. The quantitative estimate of drug-likeness (QED) is 0.709. The minimum Gasteiger partial charge on any atom is -0.348 e. The number of hydrogen-bond donors (Lipinski definition) is 1. The van der Waals surface area contributed by atoms with Crippen molar-refractivity contribution in [1.29, 1.82) is 0 Å². The second kappa shape index (κ2) is 8.57. The van der Waals surface area contributed by atoms with Crippen molar-refractivity contribution in [3.63, 3.8) is 0 Å². The molecule has 4 rings (SSSR count). The lowest BCUT2D eigenvalue weighted by Gasteiger charge is -2.34. The number of aromatic nitrogens is 3. The number of nitrogens with one attached hydrogen (secondary N) is 1. The lowest BCUT2D eigenvalue weighted by atomic mass is 9.89. The van der Waals surface area contributed by atoms with Gasteiger partial charge >= 0.3 is 0 Å². The van der Waals surface area contributed by atoms with Crippen molar-refractivity contribution < 1.29 is 4.79 Å². The zero-order valence-electron chi connectivity index (χ0n) is 15.6. The largest absolute Gasteiger partial charge is 0.348 e. The Morgan fingerprint density at radius 1 is 1.18 bits per heavy atom. The predicted molar refractivity (Wildman–Crippen MR) is 109 cm³/mol. The number of benzene rings is 1. The fourth-order valence-corrected chi connectivity index (χ4v) is 4.02. The van der Waals surface area contributed by atoms with Crippen LogP contribution in [0.1, 0.15) is 35.7 Å². The van der Waals surface area contributed by atoms with E-state index < -0.39 is 5.92 Å². The number of halogens is 1. The number of nitrogens with zero attached hydrogens (tertiary/aromatic N) is 3. The average Bonchev–Trinajstić information content (AvgIpc) is 3.24. The van der Waals surface area contributed by atoms with Crippen LogP contribution in [0.2, 0.25) is 5.02 Å². The minimum absolute atomic E-state index is 0.112. The van der Waals surface area contributed by atoms with Crippen LogP contribution < -0.4 is 0 Å². The van der Waals surface area contributed by atoms with Crippen molar-refractivity contribution in [3.8, 4) is 0 Å². The van der Waals surface area contributed by atoms with Gasteiger partial charge in [-0.1, -0.05) is 29.8 Å². The third-order valence-electron chi connectivity index (χ3n) is 5.42. The number of carbonyl (C=O) groups excluding carboxylic acids is 1. The second-order valence-electron chi connectivity index (χ2n) is 7.29. The maximum absolute atomic E-state index is 13.4. The Bertz CT molecular complexity index is 888. The minimum atomic E-state index is -0.400. The molecule has 1 amide bonds. The third-order valence-corrected chi connectivity index (χ3v) is 5.68. The zero-order valence-corrected chi connectivity index (χ0v) is 16.3. The van der Waals surface area contributed by atoms with Gasteiger partial charge in [-0.15, -0.1) is 0 Å². The molecule has 0 aliphatic carbocycles. The number of rotatable bonds is 5. The van der Waals surface area contributed by atoms with Crippen molar-refractivity contribution in [2.45, 2.75) is 25.2 Å². The maximum Gasteiger partial charge on any atom is 0.236 e. The molecule has 1 aliphatic rings. The van der Waals surface area contributed by atoms with Gasteiger partial charge in [-0.2, -0.15) is 0 Å². The van der Waals surface area contributed by atoms with Gasteiger partial charge in [-0.25, -0.2) is 4.98 Å². The van der Waals surface area contributed by atoms with E-state index in [2.05, 4.69) is 15.0 Å². The molecule has 1 saturated heterocycles. The van der Waals surface area contributed by atoms with Crippen LogP contribution in [-0.4, -0.2) is 38.8 Å². The van der Waals surface area contributed by atoms with Gasteiger partial charge in [0.25, 0.3) is 0 Å². The van der Waals surface area contributed by atoms with Crippen LogP contribution in [-0.2, 0) is 11.2 Å². The van der Waals surface area contributed by atoms with E-state index >= 15 is 0 Å². The number of hydrogen-bond acceptors (Lipinski definition) is 3. The summed E-state index contributed by atoms with van der Waals surface area (Å²) in [4.78, 5) is 27.2. The van der Waals surface area contributed by atoms with Crippen molar-refractivity contribution >= 4 is 17.5 Å². The first-order valence-corrected chi connectivity index (χ1v) is 10.0. The molecule has 1 fully saturated rings. The SMILES string of the molecule is O=C(C(c1ccc(Cl)cc1)c1ccccn1)N1CCC(Cc2cnc[nH]2)CC1. The maximum atomic E-state index is 13.4. The second-order valence-corrected chi connectivity index (χ2v) is 7.73. The summed E-state index contributed by atoms with van der Waals surface area (Å²) in [5.74, 6) is 0.289. The Balaban J connectivity index is 1.49. The first-order valence-electron chi connectivity index (χ1n) is 9.63. The van der Waals surface area contributed by atoms with Gasteiger partial charge in [0.1, 0.15) is 5.92 Å². The molecule has 2 aromatic heterocycles. The Morgan fingerprint density at radius 3 is 2.61 bits per heavy atom. The summed E-state index contributed by atoms with van der Waals surface area (Å²) in [5.41, 5.74) is 2.86. The van der Waals surface area contributed by atoms with E-state index in [0.717, 1.165) is 49.3 Å². The number of H-pyrrole nitrogens is 1. The van der Waals surface area contributed by atoms with E-state index in [-0.39, 0.29) is 5.91 Å². The number of pyridine rings is 1. The number of aromatic amines is 1. The van der Waals surface area contributed by atoms with Gasteiger partial charge in [0, 0.05) is 36.2 Å². The van der Waals surface area contributed by atoms with Crippen LogP contribution in [0.3, 0.4) is 0 Å². The molecule has 1 aromatic carbocycles. The van der Waals surface area contributed by atoms with E-state index in [4.69, 9.17) is 11.6 Å². The van der Waals surface area contributed by atoms with E-state index in [1.54, 1.807) is 12.5 Å². The fourth-order valence-electron chi connectivity index (χ4n) is 3.89. The number of carbonyl (C=O) groups is 1. The third kappa shape index (κ3) is 4.25. The fraction of sp³-hybridized carbons (Fsp3) is 0.318. The van der Waals surface area contributed by atoms with Gasteiger partial charge in [0.15, 0.2) is 0 Å². The smallest absolute Gasteiger partial charge is 0.236 e. The van der Waals surface area contributed by atoms with Gasteiger partial charge < -0.3 is 9.88 Å². The molecule has 0 saturated carbocycles. The molecule has 1 atom stereocenters. The topological polar surface area (TPSA) is 61.9 Å². The molecular formula is C22H23ClN4O. The van der Waals surface area contributed by atoms with Crippen molar-refractivity contribution in [2.24, 2.45) is 5.92 Å². The summed E-state index contributed by atoms with van der Waals surface area (Å²) in [6, 6.07) is 13.2. The van der Waals surface area contributed by atoms with E-state index in [0.29, 0.717) is 10.9 Å². The molecule has 0 radical (unpaired) electrons. The summed E-state index contributed by atoms with van der Waals surface area (Å²) in [7, 11) is 0. The van der Waals surface area contributed by atoms with Gasteiger partial charge in [-0.05, 0) is 55.0 Å². The first kappa shape index (κ1) is 18.7. The average molecular weight is 395 g/mol. The van der Waals surface area contributed by atoms with Gasteiger partial charge in [0.05, 0.1) is 12.0 Å². The van der Waals surface area contributed by atoms with Crippen molar-refractivity contribution in [1.82, 2.24) is 19.9 Å². The van der Waals surface area contributed by atoms with Gasteiger partial charge in [0.2, 0.25) is 5.91 Å². The summed E-state index contributed by atoms with van der Waals surface area (Å²) in [5, 5.41) is 0.663. The zero-order chi connectivity index (χ0) is 19.3. The molecule has 0 spiro atoms. The highest BCUT2D eigenvalue weighted by atomic mass is 35.5. The molecule has 3 aromatic rings. The number of likely N-dealkylation sites (tertiary alicyclic amines) is 1. The molecule has 6 heteroatoms. The summed E-state index contributed by atoms with van der Waals surface area (Å²) in [6.45, 7) is 1.54. The highest BCUT2D eigenvalue weighted by Gasteiger charge is 2.31. The molecule has 0 bridgehead atoms. The van der Waals surface area contributed by atoms with E-state index in [1.807, 2.05) is 53.6 Å². The Morgan fingerprint density at radius 2 is 1.96 bits per heavy atom. The Labute approximate surface area is 169 Å². The van der Waals surface area contributed by atoms with E-state index in [9.17, 15) is 4.79 Å². The summed E-state index contributed by atoms with van der Waals surface area (Å²) < 4.78 is 0. The number of amides is 1. The lowest BCUT2D eigenvalue weighted by molar-refractivity contribution is -0.133. The standard InChI is InChI=1S/C22H23ClN4O/c23-18-6-4-17(5-7-18)21(20-3-1-2-10-25-20)22(28)27-11-8-16(9-12-27)13-19-14-24-15-26-19/h1-7,10,14-16,21H,8-9,11-13H2,(H,24,26). The molecule has 28 heavy (non-hydrogen) atoms. The summed E-state index contributed by atoms with van der Waals surface area (Å²) >= 11 is 6.05. The molecule has 1 unspecified atom stereocenters. The molecule has 1 aliphatic heterocycles. The molecule has 144 valence electrons. The molecular weight excluding hydrogens is 372 g/mol. The number of piperidine rings is 1. The van der Waals surface area contributed by atoms with Gasteiger partial charge in [-0.3, -0.25) is 9.78 Å². The summed E-state index contributed by atoms with van der Waals surface area (Å²) in [6.07, 6.45) is 8.33. The van der Waals surface area contributed by atoms with E-state index in [1.165, 1.54) is 0 Å². The molecule has 3 heterocycles. The van der Waals surface area contributed by atoms with Crippen molar-refractivity contribution in [2.75, 3.05) is 13.1 Å². The number of imidazole rings is 1. The van der Waals surface area contributed by atoms with Crippen LogP contribution in [0, 0.1) is 5.92 Å². The molecule has 5 nitrogen and oxygen atoms in total. The predicted octanol–water partition coefficient (Wildman–Crippen LogP) is 4.07. The highest BCUT2D eigenvalue weighted by Crippen LogP contribution is 2.29. The highest BCUT2D eigenvalue weighted by molar-refractivity contribution is 6.30. The van der Waals surface area contributed by atoms with Crippen molar-refractivity contribution in [3.05, 3.63) is 83.2 Å². The molecule has 1 N–H and O–H groups in total. The normalized spacial score (nSPS) is 16.1.